The molecule has 3 aromatic rings. The summed E-state index contributed by atoms with van der Waals surface area (Å²) in [5.41, 5.74) is 1.44. The molecule has 35 heavy (non-hydrogen) atoms. The van der Waals surface area contributed by atoms with Crippen LogP contribution < -0.4 is 19.5 Å². The fraction of sp³-hybridized carbons (Fsp3) is 0.333. The van der Waals surface area contributed by atoms with E-state index in [-0.39, 0.29) is 17.3 Å². The van der Waals surface area contributed by atoms with Gasteiger partial charge in [-0.05, 0) is 49.2 Å². The molecule has 1 unspecified atom stereocenters. The first-order valence-corrected chi connectivity index (χ1v) is 13.3. The summed E-state index contributed by atoms with van der Waals surface area (Å²) in [5, 5.41) is 5.13. The summed E-state index contributed by atoms with van der Waals surface area (Å²) in [6.45, 7) is 0.488. The SMILES string of the molecule is COc1ccc(S(=O)(=O)N2CCCC(C(=O)Nc3nc(-c4ccc(OC)cc4OC)cs3)C2)cc1. The predicted octanol–water partition coefficient (Wildman–Crippen LogP) is 3.88. The molecule has 0 radical (unpaired) electrons. The van der Waals surface area contributed by atoms with Gasteiger partial charge in [-0.2, -0.15) is 4.31 Å². The first-order chi connectivity index (χ1) is 16.8. The van der Waals surface area contributed by atoms with E-state index in [1.165, 1.54) is 34.9 Å². The number of amides is 1. The number of hydrogen-bond acceptors (Lipinski definition) is 8. The molecule has 0 spiro atoms. The highest BCUT2D eigenvalue weighted by Crippen LogP contribution is 2.35. The number of carbonyl (C=O) groups excluding carboxylic acids is 1. The lowest BCUT2D eigenvalue weighted by atomic mass is 9.99. The third kappa shape index (κ3) is 5.42. The number of sulfonamides is 1. The lowest BCUT2D eigenvalue weighted by molar-refractivity contribution is -0.120. The van der Waals surface area contributed by atoms with Crippen LogP contribution in [-0.2, 0) is 14.8 Å². The van der Waals surface area contributed by atoms with E-state index in [1.54, 1.807) is 32.4 Å². The van der Waals surface area contributed by atoms with Gasteiger partial charge < -0.3 is 19.5 Å². The lowest BCUT2D eigenvalue weighted by Gasteiger charge is -2.31. The summed E-state index contributed by atoms with van der Waals surface area (Å²) in [5.74, 6) is 1.14. The molecule has 0 aliphatic carbocycles. The fourth-order valence-corrected chi connectivity index (χ4v) is 6.18. The topological polar surface area (TPSA) is 107 Å². The summed E-state index contributed by atoms with van der Waals surface area (Å²) >= 11 is 1.30. The van der Waals surface area contributed by atoms with Gasteiger partial charge in [-0.25, -0.2) is 13.4 Å². The number of rotatable bonds is 8. The maximum absolute atomic E-state index is 13.1. The largest absolute Gasteiger partial charge is 0.497 e. The Hall–Kier alpha value is -3.15. The summed E-state index contributed by atoms with van der Waals surface area (Å²) in [4.78, 5) is 17.7. The second-order valence-corrected chi connectivity index (χ2v) is 10.8. The molecule has 2 heterocycles. The van der Waals surface area contributed by atoms with Crippen molar-refractivity contribution < 1.29 is 27.4 Å². The highest BCUT2D eigenvalue weighted by atomic mass is 32.2. The van der Waals surface area contributed by atoms with Gasteiger partial charge in [0.2, 0.25) is 15.9 Å². The number of benzene rings is 2. The Labute approximate surface area is 208 Å². The average molecular weight is 518 g/mol. The summed E-state index contributed by atoms with van der Waals surface area (Å²) < 4.78 is 43.4. The number of anilines is 1. The van der Waals surface area contributed by atoms with Crippen LogP contribution in [0.5, 0.6) is 17.2 Å². The molecule has 2 aromatic carbocycles. The van der Waals surface area contributed by atoms with E-state index in [1.807, 2.05) is 17.5 Å². The Bertz CT molecular complexity index is 1290. The van der Waals surface area contributed by atoms with Crippen LogP contribution in [0.15, 0.2) is 52.7 Å². The monoisotopic (exact) mass is 517 g/mol. The number of methoxy groups -OCH3 is 3. The number of aromatic nitrogens is 1. The summed E-state index contributed by atoms with van der Waals surface area (Å²) in [6.07, 6.45) is 1.20. The third-order valence-electron chi connectivity index (χ3n) is 5.87. The van der Waals surface area contributed by atoms with Gasteiger partial charge in [0.05, 0.1) is 37.8 Å². The van der Waals surface area contributed by atoms with Crippen molar-refractivity contribution in [1.82, 2.24) is 9.29 Å². The molecular weight excluding hydrogens is 490 g/mol. The second kappa shape index (κ2) is 10.6. The van der Waals surface area contributed by atoms with Crippen molar-refractivity contribution in [2.45, 2.75) is 17.7 Å². The number of hydrogen-bond donors (Lipinski definition) is 1. The number of piperidine rings is 1. The highest BCUT2D eigenvalue weighted by Gasteiger charge is 2.33. The Morgan fingerprint density at radius 2 is 1.77 bits per heavy atom. The van der Waals surface area contributed by atoms with Crippen LogP contribution in [0.1, 0.15) is 12.8 Å². The van der Waals surface area contributed by atoms with Gasteiger partial charge in [-0.1, -0.05) is 0 Å². The molecule has 0 bridgehead atoms. The Balaban J connectivity index is 1.45. The van der Waals surface area contributed by atoms with Gasteiger partial charge in [0.15, 0.2) is 5.13 Å². The smallest absolute Gasteiger partial charge is 0.243 e. The van der Waals surface area contributed by atoms with Crippen molar-refractivity contribution in [2.75, 3.05) is 39.7 Å². The normalized spacial score (nSPS) is 16.5. The minimum Gasteiger partial charge on any atom is -0.497 e. The van der Waals surface area contributed by atoms with Crippen LogP contribution in [0.2, 0.25) is 0 Å². The molecule has 11 heteroatoms. The number of nitrogens with zero attached hydrogens (tertiary/aromatic N) is 2. The molecule has 186 valence electrons. The Morgan fingerprint density at radius 1 is 1.06 bits per heavy atom. The molecule has 4 rings (SSSR count). The zero-order valence-corrected chi connectivity index (χ0v) is 21.3. The third-order valence-corrected chi connectivity index (χ3v) is 8.51. The van der Waals surface area contributed by atoms with E-state index in [9.17, 15) is 13.2 Å². The molecular formula is C24H27N3O6S2. The van der Waals surface area contributed by atoms with Gasteiger partial charge in [-0.3, -0.25) is 4.79 Å². The van der Waals surface area contributed by atoms with Crippen molar-refractivity contribution in [3.05, 3.63) is 47.8 Å². The van der Waals surface area contributed by atoms with Crippen LogP contribution in [0.4, 0.5) is 5.13 Å². The maximum atomic E-state index is 13.1. The van der Waals surface area contributed by atoms with Crippen LogP contribution in [0.3, 0.4) is 0 Å². The van der Waals surface area contributed by atoms with E-state index in [2.05, 4.69) is 10.3 Å². The molecule has 1 aliphatic rings. The van der Waals surface area contributed by atoms with Crippen LogP contribution in [0.25, 0.3) is 11.3 Å². The molecule has 1 fully saturated rings. The van der Waals surface area contributed by atoms with Gasteiger partial charge in [0.1, 0.15) is 17.2 Å². The van der Waals surface area contributed by atoms with Gasteiger partial charge in [0.25, 0.3) is 0 Å². The van der Waals surface area contributed by atoms with Crippen molar-refractivity contribution in [3.8, 4) is 28.5 Å². The summed E-state index contributed by atoms with van der Waals surface area (Å²) in [7, 11) is 0.967. The van der Waals surface area contributed by atoms with E-state index in [4.69, 9.17) is 14.2 Å². The summed E-state index contributed by atoms with van der Waals surface area (Å²) in [6, 6.07) is 11.7. The van der Waals surface area contributed by atoms with Gasteiger partial charge in [-0.15, -0.1) is 11.3 Å². The van der Waals surface area contributed by atoms with E-state index < -0.39 is 15.9 Å². The standard InChI is InChI=1S/C24H27N3O6S2/c1-31-17-6-9-19(10-7-17)35(29,30)27-12-4-5-16(14-27)23(28)26-24-25-21(15-34-24)20-11-8-18(32-2)13-22(20)33-3/h6-11,13,15-16H,4-5,12,14H2,1-3H3,(H,25,26,28). The van der Waals surface area contributed by atoms with E-state index >= 15 is 0 Å². The van der Waals surface area contributed by atoms with Gasteiger partial charge in [0, 0.05) is 30.1 Å². The first kappa shape index (κ1) is 25.0. The van der Waals surface area contributed by atoms with Crippen molar-refractivity contribution in [1.29, 1.82) is 0 Å². The molecule has 1 amide bonds. The maximum Gasteiger partial charge on any atom is 0.243 e. The molecule has 1 saturated heterocycles. The van der Waals surface area contributed by atoms with Gasteiger partial charge >= 0.3 is 0 Å². The lowest BCUT2D eigenvalue weighted by Crippen LogP contribution is -2.43. The first-order valence-electron chi connectivity index (χ1n) is 11.0. The Morgan fingerprint density at radius 3 is 2.46 bits per heavy atom. The molecule has 1 aliphatic heterocycles. The number of carbonyl (C=O) groups is 1. The number of nitrogens with one attached hydrogen (secondary N) is 1. The molecule has 0 saturated carbocycles. The van der Waals surface area contributed by atoms with Crippen molar-refractivity contribution >= 4 is 32.4 Å². The predicted molar refractivity (Wildman–Crippen MR) is 134 cm³/mol. The molecule has 1 atom stereocenters. The van der Waals surface area contributed by atoms with Crippen LogP contribution in [-0.4, -0.2) is 58.0 Å². The minimum atomic E-state index is -3.71. The Kier molecular flexibility index (Phi) is 7.58. The fourth-order valence-electron chi connectivity index (χ4n) is 3.94. The molecule has 1 N–H and O–H groups in total. The van der Waals surface area contributed by atoms with Crippen LogP contribution in [0, 0.1) is 5.92 Å². The number of ether oxygens (including phenoxy) is 3. The quantitative estimate of drug-likeness (QED) is 0.483. The zero-order valence-electron chi connectivity index (χ0n) is 19.7. The van der Waals surface area contributed by atoms with E-state index in [0.29, 0.717) is 47.5 Å². The molecule has 9 nitrogen and oxygen atoms in total. The minimum absolute atomic E-state index is 0.116. The second-order valence-electron chi connectivity index (χ2n) is 7.97. The number of thiazole rings is 1. The van der Waals surface area contributed by atoms with Crippen molar-refractivity contribution in [2.24, 2.45) is 5.92 Å². The van der Waals surface area contributed by atoms with Crippen molar-refractivity contribution in [3.63, 3.8) is 0 Å². The van der Waals surface area contributed by atoms with E-state index in [0.717, 1.165) is 5.56 Å². The zero-order chi connectivity index (χ0) is 25.0. The average Bonchev–Trinajstić information content (AvgIpc) is 3.36. The molecule has 1 aromatic heterocycles. The van der Waals surface area contributed by atoms with Crippen LogP contribution >= 0.6 is 11.3 Å². The highest BCUT2D eigenvalue weighted by molar-refractivity contribution is 7.89.